The van der Waals surface area contributed by atoms with Crippen LogP contribution < -0.4 is 5.32 Å². The van der Waals surface area contributed by atoms with Gasteiger partial charge in [-0.25, -0.2) is 4.98 Å². The molecule has 0 aliphatic carbocycles. The first-order chi connectivity index (χ1) is 11.1. The summed E-state index contributed by atoms with van der Waals surface area (Å²) in [5.74, 6) is 0.969. The summed E-state index contributed by atoms with van der Waals surface area (Å²) in [7, 11) is 0. The molecule has 1 atom stereocenters. The number of aromatic nitrogens is 2. The number of thioether (sulfide) groups is 1. The largest absolute Gasteiger partial charge is 0.360 e. The number of nitrogens with one attached hydrogen (secondary N) is 1. The molecule has 0 fully saturated rings. The number of anilines is 1. The number of carbonyl (C=O) groups is 1. The zero-order valence-corrected chi connectivity index (χ0v) is 14.3. The molecule has 23 heavy (non-hydrogen) atoms. The van der Waals surface area contributed by atoms with Crippen LogP contribution in [-0.4, -0.2) is 21.3 Å². The fourth-order valence-electron chi connectivity index (χ4n) is 1.91. The normalized spacial score (nSPS) is 12.1. The molecule has 3 rings (SSSR count). The molecule has 2 heterocycles. The first kappa shape index (κ1) is 15.8. The Morgan fingerprint density at radius 2 is 2.13 bits per heavy atom. The Kier molecular flexibility index (Phi) is 4.78. The van der Waals surface area contributed by atoms with Crippen molar-refractivity contribution in [3.8, 4) is 11.3 Å². The fourth-order valence-corrected chi connectivity index (χ4v) is 3.88. The lowest BCUT2D eigenvalue weighted by molar-refractivity contribution is -0.115. The molecule has 1 aromatic carbocycles. The van der Waals surface area contributed by atoms with E-state index in [-0.39, 0.29) is 11.2 Å². The second kappa shape index (κ2) is 6.97. The van der Waals surface area contributed by atoms with E-state index in [2.05, 4.69) is 15.5 Å². The maximum atomic E-state index is 12.2. The quantitative estimate of drug-likeness (QED) is 0.701. The number of benzene rings is 1. The number of hydrogen-bond acceptors (Lipinski definition) is 6. The van der Waals surface area contributed by atoms with Gasteiger partial charge < -0.3 is 9.84 Å². The highest BCUT2D eigenvalue weighted by Gasteiger charge is 2.18. The SMILES string of the molecule is Cc1cc(NC(=O)[C@H](C)Sc2nc(-c3ccccc3)cs2)no1. The van der Waals surface area contributed by atoms with Crippen molar-refractivity contribution in [3.63, 3.8) is 0 Å². The monoisotopic (exact) mass is 345 g/mol. The Labute approximate surface area is 142 Å². The lowest BCUT2D eigenvalue weighted by Crippen LogP contribution is -2.22. The van der Waals surface area contributed by atoms with Crippen molar-refractivity contribution in [2.75, 3.05) is 5.32 Å². The summed E-state index contributed by atoms with van der Waals surface area (Å²) in [6.07, 6.45) is 0. The van der Waals surface area contributed by atoms with Crippen LogP contribution in [0.15, 0.2) is 50.6 Å². The number of carbonyl (C=O) groups excluding carboxylic acids is 1. The molecule has 5 nitrogen and oxygen atoms in total. The molecule has 1 N–H and O–H groups in total. The van der Waals surface area contributed by atoms with Crippen LogP contribution in [-0.2, 0) is 4.79 Å². The zero-order chi connectivity index (χ0) is 16.2. The zero-order valence-electron chi connectivity index (χ0n) is 12.6. The van der Waals surface area contributed by atoms with Gasteiger partial charge in [-0.3, -0.25) is 4.79 Å². The van der Waals surface area contributed by atoms with Crippen molar-refractivity contribution in [1.29, 1.82) is 0 Å². The third-order valence-electron chi connectivity index (χ3n) is 3.08. The molecule has 0 bridgehead atoms. The van der Waals surface area contributed by atoms with Crippen LogP contribution in [0.1, 0.15) is 12.7 Å². The third kappa shape index (κ3) is 4.00. The first-order valence-corrected chi connectivity index (χ1v) is 8.79. The van der Waals surface area contributed by atoms with E-state index < -0.39 is 0 Å². The van der Waals surface area contributed by atoms with Gasteiger partial charge in [0.15, 0.2) is 10.2 Å². The van der Waals surface area contributed by atoms with Crippen molar-refractivity contribution in [2.45, 2.75) is 23.4 Å². The minimum atomic E-state index is -0.276. The summed E-state index contributed by atoms with van der Waals surface area (Å²) in [6.45, 7) is 3.62. The molecule has 0 radical (unpaired) electrons. The number of hydrogen-bond donors (Lipinski definition) is 1. The molecule has 118 valence electrons. The van der Waals surface area contributed by atoms with Crippen molar-refractivity contribution in [2.24, 2.45) is 0 Å². The second-order valence-electron chi connectivity index (χ2n) is 4.94. The molecule has 3 aromatic rings. The number of amides is 1. The Balaban J connectivity index is 1.62. The summed E-state index contributed by atoms with van der Waals surface area (Å²) in [5, 5.41) is 8.22. The molecule has 0 saturated carbocycles. The van der Waals surface area contributed by atoms with Crippen LogP contribution in [0.3, 0.4) is 0 Å². The average molecular weight is 345 g/mol. The van der Waals surface area contributed by atoms with E-state index in [1.807, 2.05) is 42.6 Å². The lowest BCUT2D eigenvalue weighted by atomic mass is 10.2. The maximum absolute atomic E-state index is 12.2. The van der Waals surface area contributed by atoms with Crippen molar-refractivity contribution in [1.82, 2.24) is 10.1 Å². The summed E-state index contributed by atoms with van der Waals surface area (Å²) in [4.78, 5) is 16.7. The van der Waals surface area contributed by atoms with E-state index in [0.717, 1.165) is 15.6 Å². The third-order valence-corrected chi connectivity index (χ3v) is 5.15. The topological polar surface area (TPSA) is 68.0 Å². The highest BCUT2D eigenvalue weighted by molar-refractivity contribution is 8.02. The molecule has 0 spiro atoms. The van der Waals surface area contributed by atoms with Crippen LogP contribution >= 0.6 is 23.1 Å². The minimum Gasteiger partial charge on any atom is -0.360 e. The fraction of sp³-hybridized carbons (Fsp3) is 0.188. The number of nitrogens with zero attached hydrogens (tertiary/aromatic N) is 2. The molecule has 1 amide bonds. The van der Waals surface area contributed by atoms with Crippen LogP contribution in [0.5, 0.6) is 0 Å². The summed E-state index contributed by atoms with van der Waals surface area (Å²) in [6, 6.07) is 11.7. The van der Waals surface area contributed by atoms with Gasteiger partial charge in [-0.1, -0.05) is 47.3 Å². The molecule has 0 saturated heterocycles. The van der Waals surface area contributed by atoms with Crippen LogP contribution in [0.2, 0.25) is 0 Å². The molecular formula is C16H15N3O2S2. The van der Waals surface area contributed by atoms with Crippen molar-refractivity contribution < 1.29 is 9.32 Å². The molecule has 0 aliphatic rings. The second-order valence-corrected chi connectivity index (χ2v) is 7.38. The predicted octanol–water partition coefficient (Wildman–Crippen LogP) is 4.23. The van der Waals surface area contributed by atoms with E-state index in [4.69, 9.17) is 4.52 Å². The van der Waals surface area contributed by atoms with Crippen LogP contribution in [0.4, 0.5) is 5.82 Å². The van der Waals surface area contributed by atoms with Crippen molar-refractivity contribution in [3.05, 3.63) is 47.5 Å². The standard InChI is InChI=1S/C16H15N3O2S2/c1-10-8-14(19-21-10)18-15(20)11(2)23-16-17-13(9-22-16)12-6-4-3-5-7-12/h3-9,11H,1-2H3,(H,18,19,20)/t11-/m0/s1. The van der Waals surface area contributed by atoms with Gasteiger partial charge in [0.2, 0.25) is 5.91 Å². The van der Waals surface area contributed by atoms with Gasteiger partial charge in [0.1, 0.15) is 5.76 Å². The van der Waals surface area contributed by atoms with E-state index in [9.17, 15) is 4.79 Å². The van der Waals surface area contributed by atoms with Gasteiger partial charge in [-0.15, -0.1) is 11.3 Å². The van der Waals surface area contributed by atoms with Crippen LogP contribution in [0.25, 0.3) is 11.3 Å². The number of rotatable bonds is 5. The van der Waals surface area contributed by atoms with Gasteiger partial charge in [0, 0.05) is 17.0 Å². The minimum absolute atomic E-state index is 0.125. The summed E-state index contributed by atoms with van der Waals surface area (Å²) >= 11 is 2.97. The summed E-state index contributed by atoms with van der Waals surface area (Å²) < 4.78 is 5.80. The highest BCUT2D eigenvalue weighted by atomic mass is 32.2. The van der Waals surface area contributed by atoms with E-state index in [0.29, 0.717) is 11.6 Å². The van der Waals surface area contributed by atoms with Crippen molar-refractivity contribution >= 4 is 34.8 Å². The molecular weight excluding hydrogens is 330 g/mol. The average Bonchev–Trinajstić information content (AvgIpc) is 3.17. The predicted molar refractivity (Wildman–Crippen MR) is 92.7 cm³/mol. The number of aryl methyl sites for hydroxylation is 1. The summed E-state index contributed by atoms with van der Waals surface area (Å²) in [5.41, 5.74) is 2.00. The lowest BCUT2D eigenvalue weighted by Gasteiger charge is -2.07. The van der Waals surface area contributed by atoms with Crippen LogP contribution in [0, 0.1) is 6.92 Å². The Morgan fingerprint density at radius 3 is 2.83 bits per heavy atom. The van der Waals surface area contributed by atoms with Gasteiger partial charge in [0.25, 0.3) is 0 Å². The van der Waals surface area contributed by atoms with E-state index in [1.165, 1.54) is 23.1 Å². The smallest absolute Gasteiger partial charge is 0.238 e. The molecule has 7 heteroatoms. The molecule has 0 aliphatic heterocycles. The highest BCUT2D eigenvalue weighted by Crippen LogP contribution is 2.31. The molecule has 0 unspecified atom stereocenters. The Bertz CT molecular complexity index is 799. The Morgan fingerprint density at radius 1 is 1.35 bits per heavy atom. The Hall–Kier alpha value is -2.12. The van der Waals surface area contributed by atoms with Gasteiger partial charge in [0.05, 0.1) is 10.9 Å². The first-order valence-electron chi connectivity index (χ1n) is 7.03. The molecule has 2 aromatic heterocycles. The van der Waals surface area contributed by atoms with Gasteiger partial charge in [-0.2, -0.15) is 0 Å². The number of thiazole rings is 1. The van der Waals surface area contributed by atoms with Gasteiger partial charge in [-0.05, 0) is 13.8 Å². The maximum Gasteiger partial charge on any atom is 0.238 e. The van der Waals surface area contributed by atoms with E-state index in [1.54, 1.807) is 13.0 Å². The van der Waals surface area contributed by atoms with Gasteiger partial charge >= 0.3 is 0 Å². The van der Waals surface area contributed by atoms with E-state index >= 15 is 0 Å².